The van der Waals surface area contributed by atoms with Gasteiger partial charge in [-0.2, -0.15) is 0 Å². The van der Waals surface area contributed by atoms with Crippen molar-refractivity contribution in [3.8, 4) is 11.5 Å². The van der Waals surface area contributed by atoms with E-state index in [1.54, 1.807) is 29.5 Å². The van der Waals surface area contributed by atoms with Gasteiger partial charge in [-0.3, -0.25) is 9.59 Å². The molecule has 3 aromatic rings. The first-order valence-corrected chi connectivity index (χ1v) is 10.7. The molecule has 1 saturated heterocycles. The molecule has 0 saturated carbocycles. The van der Waals surface area contributed by atoms with Crippen LogP contribution in [0.15, 0.2) is 36.4 Å². The lowest BCUT2D eigenvalue weighted by Crippen LogP contribution is -2.36. The second-order valence-electron chi connectivity index (χ2n) is 7.08. The molecular weight excluding hydrogens is 420 g/mol. The Labute approximate surface area is 181 Å². The molecule has 0 unspecified atom stereocenters. The number of rotatable bonds is 5. The van der Waals surface area contributed by atoms with Gasteiger partial charge in [0.1, 0.15) is 0 Å². The van der Waals surface area contributed by atoms with E-state index in [-0.39, 0.29) is 25.2 Å². The smallest absolute Gasteiger partial charge is 0.251 e. The first kappa shape index (κ1) is 19.6. The summed E-state index contributed by atoms with van der Waals surface area (Å²) < 4.78 is 16.9. The van der Waals surface area contributed by atoms with Crippen molar-refractivity contribution in [3.05, 3.63) is 42.0 Å². The van der Waals surface area contributed by atoms with Crippen LogP contribution in [0, 0.1) is 0 Å². The van der Waals surface area contributed by atoms with Gasteiger partial charge in [-0.15, -0.1) is 0 Å². The van der Waals surface area contributed by atoms with Crippen molar-refractivity contribution < 1.29 is 23.8 Å². The van der Waals surface area contributed by atoms with Gasteiger partial charge in [0.2, 0.25) is 12.7 Å². The Morgan fingerprint density at radius 3 is 2.77 bits per heavy atom. The Bertz CT molecular complexity index is 1140. The highest BCUT2D eigenvalue weighted by Gasteiger charge is 2.18. The lowest BCUT2D eigenvalue weighted by Gasteiger charge is -2.25. The summed E-state index contributed by atoms with van der Waals surface area (Å²) in [4.78, 5) is 31.5. The molecule has 2 aliphatic heterocycles. The molecule has 0 bridgehead atoms. The quantitative estimate of drug-likeness (QED) is 0.627. The number of aromatic nitrogens is 1. The van der Waals surface area contributed by atoms with E-state index < -0.39 is 0 Å². The van der Waals surface area contributed by atoms with Crippen LogP contribution in [-0.4, -0.2) is 56.4 Å². The van der Waals surface area contributed by atoms with E-state index in [0.29, 0.717) is 36.0 Å². The summed E-state index contributed by atoms with van der Waals surface area (Å²) in [5.41, 5.74) is 1.95. The number of nitrogens with zero attached hydrogens (tertiary/aromatic N) is 2. The fourth-order valence-corrected chi connectivity index (χ4v) is 4.44. The first-order valence-electron chi connectivity index (χ1n) is 9.87. The molecule has 10 heteroatoms. The van der Waals surface area contributed by atoms with Crippen molar-refractivity contribution >= 4 is 44.2 Å². The molecular formula is C21H20N4O5S. The maximum absolute atomic E-state index is 12.3. The number of ether oxygens (including phenoxy) is 3. The summed E-state index contributed by atoms with van der Waals surface area (Å²) in [5.74, 6) is 0.448. The lowest BCUT2D eigenvalue weighted by molar-refractivity contribution is -0.115. The van der Waals surface area contributed by atoms with Gasteiger partial charge < -0.3 is 29.7 Å². The summed E-state index contributed by atoms with van der Waals surface area (Å²) >= 11 is 1.59. The van der Waals surface area contributed by atoms with E-state index in [2.05, 4.69) is 20.5 Å². The van der Waals surface area contributed by atoms with E-state index in [4.69, 9.17) is 14.2 Å². The number of hydrogen-bond donors (Lipinski definition) is 2. The van der Waals surface area contributed by atoms with Gasteiger partial charge in [-0.05, 0) is 36.4 Å². The molecule has 0 spiro atoms. The van der Waals surface area contributed by atoms with Gasteiger partial charge in [0.25, 0.3) is 5.91 Å². The zero-order valence-electron chi connectivity index (χ0n) is 16.6. The molecule has 160 valence electrons. The van der Waals surface area contributed by atoms with E-state index >= 15 is 0 Å². The van der Waals surface area contributed by atoms with Crippen LogP contribution in [0.2, 0.25) is 0 Å². The van der Waals surface area contributed by atoms with Crippen molar-refractivity contribution in [2.75, 3.05) is 49.9 Å². The molecule has 0 atom stereocenters. The number of hydrogen-bond acceptors (Lipinski definition) is 8. The summed E-state index contributed by atoms with van der Waals surface area (Å²) in [6.07, 6.45) is 0. The molecule has 1 fully saturated rings. The highest BCUT2D eigenvalue weighted by atomic mass is 32.1. The number of anilines is 2. The number of morpholine rings is 1. The zero-order chi connectivity index (χ0) is 21.2. The maximum Gasteiger partial charge on any atom is 0.251 e. The second kappa shape index (κ2) is 8.40. The van der Waals surface area contributed by atoms with Crippen molar-refractivity contribution in [2.45, 2.75) is 0 Å². The molecule has 2 aromatic carbocycles. The highest BCUT2D eigenvalue weighted by molar-refractivity contribution is 7.22. The Morgan fingerprint density at radius 2 is 1.90 bits per heavy atom. The van der Waals surface area contributed by atoms with Crippen LogP contribution < -0.4 is 25.0 Å². The number of nitrogens with one attached hydrogen (secondary N) is 2. The Kier molecular flexibility index (Phi) is 5.31. The van der Waals surface area contributed by atoms with Crippen LogP contribution in [-0.2, 0) is 9.53 Å². The summed E-state index contributed by atoms with van der Waals surface area (Å²) in [7, 11) is 0. The molecule has 0 radical (unpaired) electrons. The van der Waals surface area contributed by atoms with Crippen molar-refractivity contribution in [2.24, 2.45) is 0 Å². The lowest BCUT2D eigenvalue weighted by atomic mass is 10.2. The first-order chi connectivity index (χ1) is 15.2. The molecule has 2 amide bonds. The van der Waals surface area contributed by atoms with Gasteiger partial charge >= 0.3 is 0 Å². The third kappa shape index (κ3) is 4.25. The summed E-state index contributed by atoms with van der Waals surface area (Å²) in [6.45, 7) is 3.05. The average molecular weight is 440 g/mol. The van der Waals surface area contributed by atoms with Crippen molar-refractivity contribution in [1.29, 1.82) is 0 Å². The van der Waals surface area contributed by atoms with Gasteiger partial charge in [-0.25, -0.2) is 4.98 Å². The minimum Gasteiger partial charge on any atom is -0.454 e. The van der Waals surface area contributed by atoms with Crippen LogP contribution in [0.4, 0.5) is 10.8 Å². The van der Waals surface area contributed by atoms with Gasteiger partial charge in [-0.1, -0.05) is 11.3 Å². The van der Waals surface area contributed by atoms with E-state index in [1.165, 1.54) is 0 Å². The molecule has 31 heavy (non-hydrogen) atoms. The standard InChI is InChI=1S/C21H20N4O5S/c26-19(11-22-20(27)13-1-4-16-17(9-13)30-12-29-16)23-14-2-3-15-18(10-14)31-21(24-15)25-5-7-28-8-6-25/h1-4,9-10H,5-8,11-12H2,(H,22,27)(H,23,26). The topological polar surface area (TPSA) is 102 Å². The largest absolute Gasteiger partial charge is 0.454 e. The number of thiazole rings is 1. The zero-order valence-corrected chi connectivity index (χ0v) is 17.4. The van der Waals surface area contributed by atoms with Crippen molar-refractivity contribution in [3.63, 3.8) is 0 Å². The summed E-state index contributed by atoms with van der Waals surface area (Å²) in [6, 6.07) is 10.5. The minimum atomic E-state index is -0.360. The van der Waals surface area contributed by atoms with Crippen LogP contribution >= 0.6 is 11.3 Å². The molecule has 0 aliphatic carbocycles. The Morgan fingerprint density at radius 1 is 1.06 bits per heavy atom. The predicted molar refractivity (Wildman–Crippen MR) is 116 cm³/mol. The third-order valence-electron chi connectivity index (χ3n) is 4.99. The number of fused-ring (bicyclic) bond motifs is 2. The Hall–Kier alpha value is -3.37. The minimum absolute atomic E-state index is 0.140. The number of carbonyl (C=O) groups excluding carboxylic acids is 2. The van der Waals surface area contributed by atoms with Gasteiger partial charge in [0, 0.05) is 24.3 Å². The van der Waals surface area contributed by atoms with Gasteiger partial charge in [0.05, 0.1) is 30.0 Å². The fraction of sp³-hybridized carbons (Fsp3) is 0.286. The van der Waals surface area contributed by atoms with E-state index in [0.717, 1.165) is 28.4 Å². The van der Waals surface area contributed by atoms with Crippen LogP contribution in [0.5, 0.6) is 11.5 Å². The second-order valence-corrected chi connectivity index (χ2v) is 8.09. The SMILES string of the molecule is O=C(CNC(=O)c1ccc2c(c1)OCO2)Nc1ccc2nc(N3CCOCC3)sc2c1. The maximum atomic E-state index is 12.3. The summed E-state index contributed by atoms with van der Waals surface area (Å²) in [5, 5.41) is 6.39. The molecule has 9 nitrogen and oxygen atoms in total. The highest BCUT2D eigenvalue weighted by Crippen LogP contribution is 2.33. The van der Waals surface area contributed by atoms with Crippen LogP contribution in [0.25, 0.3) is 10.2 Å². The number of benzene rings is 2. The molecule has 1 aromatic heterocycles. The molecule has 2 aliphatic rings. The monoisotopic (exact) mass is 440 g/mol. The third-order valence-corrected chi connectivity index (χ3v) is 6.07. The van der Waals surface area contributed by atoms with Gasteiger partial charge in [0.15, 0.2) is 16.6 Å². The number of carbonyl (C=O) groups is 2. The molecule has 3 heterocycles. The number of amides is 2. The molecule has 5 rings (SSSR count). The van der Waals surface area contributed by atoms with Crippen LogP contribution in [0.1, 0.15) is 10.4 Å². The van der Waals surface area contributed by atoms with E-state index in [1.807, 2.05) is 18.2 Å². The Balaban J connectivity index is 1.19. The van der Waals surface area contributed by atoms with Crippen molar-refractivity contribution in [1.82, 2.24) is 10.3 Å². The normalized spacial score (nSPS) is 15.2. The average Bonchev–Trinajstić information content (AvgIpc) is 3.44. The molecule has 2 N–H and O–H groups in total. The predicted octanol–water partition coefficient (Wildman–Crippen LogP) is 2.23. The fourth-order valence-electron chi connectivity index (χ4n) is 3.39. The van der Waals surface area contributed by atoms with E-state index in [9.17, 15) is 9.59 Å². The van der Waals surface area contributed by atoms with Crippen LogP contribution in [0.3, 0.4) is 0 Å².